The Hall–Kier alpha value is -3.39. The number of nitrogens with zero attached hydrogens (tertiary/aromatic N) is 2. The summed E-state index contributed by atoms with van der Waals surface area (Å²) < 4.78 is 18.5. The largest absolute Gasteiger partial charge is 0.495 e. The van der Waals surface area contributed by atoms with E-state index >= 15 is 0 Å². The number of hydrogen-bond acceptors (Lipinski definition) is 5. The molecule has 0 aliphatic carbocycles. The van der Waals surface area contributed by atoms with Gasteiger partial charge in [0.1, 0.15) is 11.6 Å². The van der Waals surface area contributed by atoms with Crippen LogP contribution >= 0.6 is 11.8 Å². The molecule has 1 amide bonds. The van der Waals surface area contributed by atoms with Gasteiger partial charge in [-0.3, -0.25) is 20.2 Å². The SMILES string of the molecule is COc1ccccc1N1C(=N)S/C(=C\c2cn[nH]c2-c2ccc(F)cc2)C1=O. The van der Waals surface area contributed by atoms with Gasteiger partial charge in [-0.05, 0) is 54.2 Å². The monoisotopic (exact) mass is 394 g/mol. The Balaban J connectivity index is 1.69. The summed E-state index contributed by atoms with van der Waals surface area (Å²) in [5.74, 6) is -0.130. The Kier molecular flexibility index (Phi) is 4.70. The van der Waals surface area contributed by atoms with Crippen LogP contribution in [0.3, 0.4) is 0 Å². The van der Waals surface area contributed by atoms with Crippen LogP contribution in [-0.4, -0.2) is 28.4 Å². The van der Waals surface area contributed by atoms with Crippen molar-refractivity contribution in [3.8, 4) is 17.0 Å². The van der Waals surface area contributed by atoms with Crippen molar-refractivity contribution in [2.75, 3.05) is 12.0 Å². The summed E-state index contributed by atoms with van der Waals surface area (Å²) in [5.41, 5.74) is 2.61. The van der Waals surface area contributed by atoms with Crippen molar-refractivity contribution in [1.82, 2.24) is 10.2 Å². The topological polar surface area (TPSA) is 82.1 Å². The zero-order valence-corrected chi connectivity index (χ0v) is 15.6. The van der Waals surface area contributed by atoms with Crippen LogP contribution in [0.5, 0.6) is 5.75 Å². The number of amidine groups is 1. The van der Waals surface area contributed by atoms with Gasteiger partial charge in [0.05, 0.1) is 29.6 Å². The third-order valence-electron chi connectivity index (χ3n) is 4.24. The van der Waals surface area contributed by atoms with Gasteiger partial charge in [-0.1, -0.05) is 12.1 Å². The number of nitrogens with one attached hydrogen (secondary N) is 2. The van der Waals surface area contributed by atoms with Gasteiger partial charge in [0.15, 0.2) is 5.17 Å². The average molecular weight is 394 g/mol. The molecule has 0 spiro atoms. The lowest BCUT2D eigenvalue weighted by molar-refractivity contribution is -0.113. The molecular formula is C20H15FN4O2S. The minimum atomic E-state index is -0.328. The molecule has 0 unspecified atom stereocenters. The zero-order valence-electron chi connectivity index (χ0n) is 14.8. The Bertz CT molecular complexity index is 1090. The zero-order chi connectivity index (χ0) is 19.7. The van der Waals surface area contributed by atoms with E-state index in [-0.39, 0.29) is 16.9 Å². The fourth-order valence-corrected chi connectivity index (χ4v) is 3.76. The molecule has 2 aromatic carbocycles. The molecule has 4 rings (SSSR count). The van der Waals surface area contributed by atoms with Gasteiger partial charge in [-0.15, -0.1) is 0 Å². The van der Waals surface area contributed by atoms with E-state index in [9.17, 15) is 9.18 Å². The quantitative estimate of drug-likeness (QED) is 0.647. The summed E-state index contributed by atoms with van der Waals surface area (Å²) in [5, 5.41) is 15.3. The summed E-state index contributed by atoms with van der Waals surface area (Å²) in [6.45, 7) is 0. The molecule has 28 heavy (non-hydrogen) atoms. The number of carbonyl (C=O) groups is 1. The van der Waals surface area contributed by atoms with E-state index in [0.29, 0.717) is 27.6 Å². The number of carbonyl (C=O) groups excluding carboxylic acids is 1. The van der Waals surface area contributed by atoms with Crippen LogP contribution in [0, 0.1) is 11.2 Å². The Morgan fingerprint density at radius 3 is 2.71 bits per heavy atom. The van der Waals surface area contributed by atoms with E-state index < -0.39 is 0 Å². The van der Waals surface area contributed by atoms with Crippen molar-refractivity contribution in [2.45, 2.75) is 0 Å². The van der Waals surface area contributed by atoms with Crippen LogP contribution < -0.4 is 9.64 Å². The fourth-order valence-electron chi connectivity index (χ4n) is 2.91. The minimum Gasteiger partial charge on any atom is -0.495 e. The molecule has 1 aliphatic heterocycles. The minimum absolute atomic E-state index is 0.0903. The normalized spacial score (nSPS) is 15.5. The van der Waals surface area contributed by atoms with E-state index in [1.807, 2.05) is 0 Å². The maximum absolute atomic E-state index is 13.2. The predicted octanol–water partition coefficient (Wildman–Crippen LogP) is 4.28. The van der Waals surface area contributed by atoms with Gasteiger partial charge in [-0.2, -0.15) is 5.10 Å². The molecule has 1 aliphatic rings. The fraction of sp³-hybridized carbons (Fsp3) is 0.0500. The van der Waals surface area contributed by atoms with Crippen molar-refractivity contribution in [2.24, 2.45) is 0 Å². The van der Waals surface area contributed by atoms with Gasteiger partial charge in [-0.25, -0.2) is 4.39 Å². The average Bonchev–Trinajstić information content (AvgIpc) is 3.27. The van der Waals surface area contributed by atoms with Gasteiger partial charge >= 0.3 is 0 Å². The maximum Gasteiger partial charge on any atom is 0.271 e. The lowest BCUT2D eigenvalue weighted by atomic mass is 10.1. The third kappa shape index (κ3) is 3.18. The molecule has 3 aromatic rings. The Labute approximate surface area is 164 Å². The lowest BCUT2D eigenvalue weighted by Gasteiger charge is -2.17. The molecule has 2 N–H and O–H groups in total. The molecule has 8 heteroatoms. The van der Waals surface area contributed by atoms with Gasteiger partial charge in [0.25, 0.3) is 5.91 Å². The number of H-pyrrole nitrogens is 1. The van der Waals surface area contributed by atoms with Crippen molar-refractivity contribution >= 4 is 34.6 Å². The predicted molar refractivity (Wildman–Crippen MR) is 108 cm³/mol. The summed E-state index contributed by atoms with van der Waals surface area (Å²) >= 11 is 1.06. The Morgan fingerprint density at radius 2 is 1.96 bits per heavy atom. The number of benzene rings is 2. The van der Waals surface area contributed by atoms with Crippen LogP contribution in [0.4, 0.5) is 10.1 Å². The number of thioether (sulfide) groups is 1. The second-order valence-corrected chi connectivity index (χ2v) is 6.97. The molecule has 6 nitrogen and oxygen atoms in total. The highest BCUT2D eigenvalue weighted by atomic mass is 32.2. The molecular weight excluding hydrogens is 379 g/mol. The number of hydrogen-bond donors (Lipinski definition) is 2. The number of aromatic nitrogens is 2. The number of para-hydroxylation sites is 2. The number of amides is 1. The number of ether oxygens (including phenoxy) is 1. The lowest BCUT2D eigenvalue weighted by Crippen LogP contribution is -2.28. The van der Waals surface area contributed by atoms with E-state index in [0.717, 1.165) is 17.3 Å². The second-order valence-electron chi connectivity index (χ2n) is 5.94. The van der Waals surface area contributed by atoms with Crippen LogP contribution in [0.25, 0.3) is 17.3 Å². The van der Waals surface area contributed by atoms with E-state index in [2.05, 4.69) is 10.2 Å². The summed E-state index contributed by atoms with van der Waals surface area (Å²) in [6.07, 6.45) is 3.27. The first kappa shape index (κ1) is 18.0. The molecule has 0 radical (unpaired) electrons. The van der Waals surface area contributed by atoms with Crippen LogP contribution in [-0.2, 0) is 4.79 Å². The number of halogens is 1. The van der Waals surface area contributed by atoms with Crippen molar-refractivity contribution in [1.29, 1.82) is 5.41 Å². The molecule has 0 atom stereocenters. The Morgan fingerprint density at radius 1 is 1.21 bits per heavy atom. The molecule has 0 bridgehead atoms. The van der Waals surface area contributed by atoms with E-state index in [1.54, 1.807) is 48.7 Å². The first-order valence-corrected chi connectivity index (χ1v) is 9.15. The highest BCUT2D eigenvalue weighted by Gasteiger charge is 2.35. The highest BCUT2D eigenvalue weighted by molar-refractivity contribution is 8.19. The van der Waals surface area contributed by atoms with Gasteiger partial charge in [0.2, 0.25) is 0 Å². The molecule has 1 saturated heterocycles. The van der Waals surface area contributed by atoms with Crippen LogP contribution in [0.1, 0.15) is 5.56 Å². The number of aromatic amines is 1. The molecule has 0 saturated carbocycles. The van der Waals surface area contributed by atoms with Crippen molar-refractivity contribution < 1.29 is 13.9 Å². The molecule has 1 aromatic heterocycles. The standard InChI is InChI=1S/C20H15FN4O2S/c1-27-16-5-3-2-4-15(16)25-19(26)17(28-20(25)22)10-13-11-23-24-18(13)12-6-8-14(21)9-7-12/h2-11,22H,1H3,(H,23,24)/b17-10-,22-20?. The third-order valence-corrected chi connectivity index (χ3v) is 5.13. The molecule has 140 valence electrons. The number of anilines is 1. The second kappa shape index (κ2) is 7.32. The first-order chi connectivity index (χ1) is 13.6. The van der Waals surface area contributed by atoms with Gasteiger partial charge in [0, 0.05) is 11.1 Å². The number of methoxy groups -OCH3 is 1. The van der Waals surface area contributed by atoms with Crippen LogP contribution in [0.2, 0.25) is 0 Å². The van der Waals surface area contributed by atoms with E-state index in [4.69, 9.17) is 10.1 Å². The van der Waals surface area contributed by atoms with E-state index in [1.165, 1.54) is 24.1 Å². The molecule has 2 heterocycles. The smallest absolute Gasteiger partial charge is 0.271 e. The maximum atomic E-state index is 13.2. The summed E-state index contributed by atoms with van der Waals surface area (Å²) in [7, 11) is 1.52. The summed E-state index contributed by atoms with van der Waals surface area (Å²) in [4.78, 5) is 14.7. The number of rotatable bonds is 4. The summed E-state index contributed by atoms with van der Waals surface area (Å²) in [6, 6.07) is 13.1. The molecule has 1 fully saturated rings. The van der Waals surface area contributed by atoms with Crippen molar-refractivity contribution in [3.63, 3.8) is 0 Å². The van der Waals surface area contributed by atoms with Crippen LogP contribution in [0.15, 0.2) is 59.6 Å². The van der Waals surface area contributed by atoms with Crippen molar-refractivity contribution in [3.05, 3.63) is 71.0 Å². The van der Waals surface area contributed by atoms with Gasteiger partial charge < -0.3 is 4.74 Å². The first-order valence-electron chi connectivity index (χ1n) is 8.33. The highest BCUT2D eigenvalue weighted by Crippen LogP contribution is 2.39.